The Balaban J connectivity index is 2.38. The van der Waals surface area contributed by atoms with E-state index in [0.29, 0.717) is 5.03 Å². The molecule has 2 aromatic rings. The number of aromatic nitrogens is 2. The second-order valence-electron chi connectivity index (χ2n) is 3.78. The average molecular weight is 275 g/mol. The maximum Gasteiger partial charge on any atom is 0.244 e. The molecule has 0 fully saturated rings. The minimum Gasteiger partial charge on any atom is -0.496 e. The van der Waals surface area contributed by atoms with Crippen molar-refractivity contribution in [2.75, 3.05) is 7.11 Å². The third-order valence-corrected chi connectivity index (χ3v) is 2.84. The first-order valence-corrected chi connectivity index (χ1v) is 5.95. The minimum atomic E-state index is -0.570. The molecule has 6 heteroatoms. The van der Waals surface area contributed by atoms with Gasteiger partial charge in [0.1, 0.15) is 5.75 Å². The first kappa shape index (κ1) is 13.2. The van der Waals surface area contributed by atoms with E-state index < -0.39 is 5.91 Å². The van der Waals surface area contributed by atoms with E-state index in [0.717, 1.165) is 16.9 Å². The Morgan fingerprint density at radius 2 is 2.21 bits per heavy atom. The van der Waals surface area contributed by atoms with Gasteiger partial charge < -0.3 is 10.5 Å². The molecule has 19 heavy (non-hydrogen) atoms. The number of para-hydroxylation sites is 1. The summed E-state index contributed by atoms with van der Waals surface area (Å²) in [7, 11) is 1.61. The molecule has 1 heterocycles. The van der Waals surface area contributed by atoms with Crippen molar-refractivity contribution in [1.29, 1.82) is 0 Å². The molecule has 0 unspecified atom stereocenters. The number of benzene rings is 1. The van der Waals surface area contributed by atoms with E-state index in [9.17, 15) is 4.79 Å². The quantitative estimate of drug-likeness (QED) is 0.660. The van der Waals surface area contributed by atoms with Gasteiger partial charge in [-0.1, -0.05) is 18.2 Å². The van der Waals surface area contributed by atoms with Crippen LogP contribution in [0.15, 0.2) is 42.7 Å². The standard InChI is InChI=1S/C13H13N3O2S/c1-18-11-5-3-2-4-10(11)9-7-15-16(8-9)13(19)6-12(14)17/h2-8,19H,1H3,(H2,14,17)/b13-6-. The average Bonchev–Trinajstić information content (AvgIpc) is 2.87. The molecule has 0 radical (unpaired) electrons. The number of nitrogens with zero attached hydrogens (tertiary/aromatic N) is 2. The highest BCUT2D eigenvalue weighted by atomic mass is 32.1. The number of nitrogens with two attached hydrogens (primary N) is 1. The molecule has 0 spiro atoms. The molecular formula is C13H13N3O2S. The lowest BCUT2D eigenvalue weighted by Crippen LogP contribution is -2.07. The summed E-state index contributed by atoms with van der Waals surface area (Å²) in [5.74, 6) is 0.181. The molecule has 0 aliphatic rings. The highest BCUT2D eigenvalue weighted by Crippen LogP contribution is 2.29. The zero-order valence-electron chi connectivity index (χ0n) is 10.3. The van der Waals surface area contributed by atoms with Gasteiger partial charge in [-0.15, -0.1) is 12.6 Å². The number of amides is 1. The van der Waals surface area contributed by atoms with Gasteiger partial charge in [-0.05, 0) is 6.07 Å². The molecule has 5 nitrogen and oxygen atoms in total. The smallest absolute Gasteiger partial charge is 0.244 e. The molecular weight excluding hydrogens is 262 g/mol. The molecule has 2 N–H and O–H groups in total. The van der Waals surface area contributed by atoms with Crippen LogP contribution in [0.2, 0.25) is 0 Å². The fourth-order valence-electron chi connectivity index (χ4n) is 1.66. The number of thiol groups is 1. The summed E-state index contributed by atoms with van der Waals surface area (Å²) in [4.78, 5) is 10.8. The fraction of sp³-hybridized carbons (Fsp3) is 0.0769. The van der Waals surface area contributed by atoms with Gasteiger partial charge in [-0.25, -0.2) is 4.68 Å². The van der Waals surface area contributed by atoms with E-state index in [4.69, 9.17) is 10.5 Å². The number of rotatable bonds is 4. The van der Waals surface area contributed by atoms with Crippen LogP contribution in [-0.2, 0) is 4.79 Å². The van der Waals surface area contributed by atoms with Crippen molar-refractivity contribution in [3.63, 3.8) is 0 Å². The lowest BCUT2D eigenvalue weighted by Gasteiger charge is -2.05. The first-order valence-electron chi connectivity index (χ1n) is 5.50. The summed E-state index contributed by atoms with van der Waals surface area (Å²) in [6.45, 7) is 0. The maximum atomic E-state index is 10.8. The van der Waals surface area contributed by atoms with Crippen LogP contribution in [0.25, 0.3) is 16.2 Å². The lowest BCUT2D eigenvalue weighted by atomic mass is 10.1. The number of carbonyl (C=O) groups excluding carboxylic acids is 1. The minimum absolute atomic E-state index is 0.355. The molecule has 0 saturated carbocycles. The van der Waals surface area contributed by atoms with Gasteiger partial charge >= 0.3 is 0 Å². The van der Waals surface area contributed by atoms with Crippen molar-refractivity contribution in [3.05, 3.63) is 42.7 Å². The number of primary amides is 1. The topological polar surface area (TPSA) is 70.1 Å². The van der Waals surface area contributed by atoms with Crippen molar-refractivity contribution in [1.82, 2.24) is 9.78 Å². The zero-order valence-corrected chi connectivity index (χ0v) is 11.2. The second-order valence-corrected chi connectivity index (χ2v) is 4.24. The normalized spacial score (nSPS) is 11.4. The SMILES string of the molecule is COc1ccccc1-c1cnn(/C(S)=C/C(N)=O)c1. The van der Waals surface area contributed by atoms with E-state index in [-0.39, 0.29) is 0 Å². The van der Waals surface area contributed by atoms with Crippen LogP contribution in [0.4, 0.5) is 0 Å². The Labute approximate surface area is 116 Å². The van der Waals surface area contributed by atoms with Crippen molar-refractivity contribution in [2.45, 2.75) is 0 Å². The number of hydrogen-bond acceptors (Lipinski definition) is 4. The Hall–Kier alpha value is -2.21. The number of hydrogen-bond donors (Lipinski definition) is 2. The van der Waals surface area contributed by atoms with Crippen LogP contribution in [-0.4, -0.2) is 22.8 Å². The third kappa shape index (κ3) is 2.97. The van der Waals surface area contributed by atoms with Crippen LogP contribution >= 0.6 is 12.6 Å². The predicted octanol–water partition coefficient (Wildman–Crippen LogP) is 1.77. The molecule has 1 aromatic carbocycles. The van der Waals surface area contributed by atoms with E-state index >= 15 is 0 Å². The summed E-state index contributed by atoms with van der Waals surface area (Å²) < 4.78 is 6.76. The summed E-state index contributed by atoms with van der Waals surface area (Å²) in [6.07, 6.45) is 4.62. The molecule has 98 valence electrons. The van der Waals surface area contributed by atoms with Gasteiger partial charge in [0.2, 0.25) is 5.91 Å². The lowest BCUT2D eigenvalue weighted by molar-refractivity contribution is -0.113. The summed E-state index contributed by atoms with van der Waals surface area (Å²) in [5, 5.41) is 4.48. The van der Waals surface area contributed by atoms with Crippen LogP contribution in [0, 0.1) is 0 Å². The Kier molecular flexibility index (Phi) is 3.91. The van der Waals surface area contributed by atoms with E-state index in [2.05, 4.69) is 17.7 Å². The second kappa shape index (κ2) is 5.62. The van der Waals surface area contributed by atoms with E-state index in [1.807, 2.05) is 24.3 Å². The highest BCUT2D eigenvalue weighted by Gasteiger charge is 2.08. The molecule has 0 aliphatic carbocycles. The number of methoxy groups -OCH3 is 1. The van der Waals surface area contributed by atoms with Crippen LogP contribution in [0.5, 0.6) is 5.75 Å². The Morgan fingerprint density at radius 3 is 2.89 bits per heavy atom. The maximum absolute atomic E-state index is 10.8. The van der Waals surface area contributed by atoms with Crippen molar-refractivity contribution < 1.29 is 9.53 Å². The van der Waals surface area contributed by atoms with Crippen molar-refractivity contribution in [3.8, 4) is 16.9 Å². The van der Waals surface area contributed by atoms with E-state index in [1.165, 1.54) is 10.8 Å². The Morgan fingerprint density at radius 1 is 1.47 bits per heavy atom. The van der Waals surface area contributed by atoms with Gasteiger partial charge in [0.05, 0.1) is 18.3 Å². The van der Waals surface area contributed by atoms with Crippen LogP contribution in [0.1, 0.15) is 0 Å². The summed E-state index contributed by atoms with van der Waals surface area (Å²) >= 11 is 4.16. The first-order chi connectivity index (χ1) is 9.11. The predicted molar refractivity (Wildman–Crippen MR) is 76.7 cm³/mol. The molecule has 2 rings (SSSR count). The van der Waals surface area contributed by atoms with Gasteiger partial charge in [-0.3, -0.25) is 4.79 Å². The van der Waals surface area contributed by atoms with Gasteiger partial charge in [-0.2, -0.15) is 5.10 Å². The molecule has 1 aromatic heterocycles. The monoisotopic (exact) mass is 275 g/mol. The number of ether oxygens (including phenoxy) is 1. The van der Waals surface area contributed by atoms with Gasteiger partial charge in [0.25, 0.3) is 0 Å². The molecule has 0 aliphatic heterocycles. The highest BCUT2D eigenvalue weighted by molar-refractivity contribution is 7.90. The van der Waals surface area contributed by atoms with Crippen molar-refractivity contribution >= 4 is 23.6 Å². The van der Waals surface area contributed by atoms with Crippen LogP contribution in [0.3, 0.4) is 0 Å². The fourth-order valence-corrected chi connectivity index (χ4v) is 1.90. The summed E-state index contributed by atoms with van der Waals surface area (Å²) in [5.41, 5.74) is 6.85. The van der Waals surface area contributed by atoms with Gasteiger partial charge in [0, 0.05) is 23.4 Å². The third-order valence-electron chi connectivity index (χ3n) is 2.51. The molecule has 0 bridgehead atoms. The van der Waals surface area contributed by atoms with Crippen LogP contribution < -0.4 is 10.5 Å². The number of carbonyl (C=O) groups is 1. The van der Waals surface area contributed by atoms with Gasteiger partial charge in [0.15, 0.2) is 0 Å². The molecule has 0 saturated heterocycles. The molecule has 1 amide bonds. The summed E-state index contributed by atoms with van der Waals surface area (Å²) in [6, 6.07) is 7.60. The Bertz CT molecular complexity index is 634. The zero-order chi connectivity index (χ0) is 13.8. The largest absolute Gasteiger partial charge is 0.496 e. The molecule has 0 atom stereocenters. The van der Waals surface area contributed by atoms with Crippen molar-refractivity contribution in [2.24, 2.45) is 5.73 Å². The van der Waals surface area contributed by atoms with E-state index in [1.54, 1.807) is 19.5 Å².